The summed E-state index contributed by atoms with van der Waals surface area (Å²) in [4.78, 5) is 9.50. The van der Waals surface area contributed by atoms with Crippen LogP contribution in [0.3, 0.4) is 0 Å². The first-order valence-electron chi connectivity index (χ1n) is 2.91. The summed E-state index contributed by atoms with van der Waals surface area (Å²) >= 11 is 2.85. The molecule has 6 heteroatoms. The van der Waals surface area contributed by atoms with Crippen LogP contribution in [0.5, 0.6) is 0 Å². The van der Waals surface area contributed by atoms with Gasteiger partial charge in [-0.2, -0.15) is 0 Å². The lowest BCUT2D eigenvalue weighted by Crippen LogP contribution is -1.96. The van der Waals surface area contributed by atoms with Crippen LogP contribution in [-0.2, 0) is 0 Å². The highest BCUT2D eigenvalue weighted by molar-refractivity contribution is 9.10. The standard InChI is InChI=1S/C6H4BrFN2O2/c7-3-1-5(9)6(10(11)12)2-4(3)8/h1-2H,9H2. The SMILES string of the molecule is Nc1cc(Br)c(F)cc1[N+](=O)[O-]. The Labute approximate surface area is 75.5 Å². The van der Waals surface area contributed by atoms with Gasteiger partial charge in [0.2, 0.25) is 0 Å². The molecule has 0 saturated heterocycles. The Hall–Kier alpha value is -1.17. The molecule has 64 valence electrons. The number of anilines is 1. The highest BCUT2D eigenvalue weighted by Crippen LogP contribution is 2.27. The van der Waals surface area contributed by atoms with Crippen LogP contribution in [-0.4, -0.2) is 4.92 Å². The van der Waals surface area contributed by atoms with Gasteiger partial charge in [0, 0.05) is 0 Å². The third kappa shape index (κ3) is 1.53. The lowest BCUT2D eigenvalue weighted by Gasteiger charge is -1.98. The molecule has 0 amide bonds. The third-order valence-electron chi connectivity index (χ3n) is 1.27. The average Bonchev–Trinajstić information content (AvgIpc) is 1.96. The van der Waals surface area contributed by atoms with Gasteiger partial charge < -0.3 is 5.73 Å². The number of nitrogens with zero attached hydrogens (tertiary/aromatic N) is 1. The van der Waals surface area contributed by atoms with E-state index < -0.39 is 16.4 Å². The van der Waals surface area contributed by atoms with Crippen molar-refractivity contribution in [3.05, 3.63) is 32.5 Å². The normalized spacial score (nSPS) is 9.83. The minimum Gasteiger partial charge on any atom is -0.393 e. The second-order valence-corrected chi connectivity index (χ2v) is 2.94. The Morgan fingerprint density at radius 1 is 1.58 bits per heavy atom. The zero-order valence-electron chi connectivity index (χ0n) is 5.75. The first-order valence-corrected chi connectivity index (χ1v) is 3.70. The Bertz CT molecular complexity index is 343. The van der Waals surface area contributed by atoms with E-state index in [-0.39, 0.29) is 10.2 Å². The van der Waals surface area contributed by atoms with E-state index in [0.717, 1.165) is 12.1 Å². The smallest absolute Gasteiger partial charge is 0.295 e. The molecule has 1 aromatic carbocycles. The van der Waals surface area contributed by atoms with Crippen LogP contribution >= 0.6 is 15.9 Å². The molecule has 0 atom stereocenters. The molecule has 0 saturated carbocycles. The Kier molecular flexibility index (Phi) is 2.27. The van der Waals surface area contributed by atoms with Gasteiger partial charge in [-0.25, -0.2) is 4.39 Å². The quantitative estimate of drug-likeness (QED) is 0.460. The van der Waals surface area contributed by atoms with E-state index >= 15 is 0 Å². The highest BCUT2D eigenvalue weighted by Gasteiger charge is 2.14. The van der Waals surface area contributed by atoms with Gasteiger partial charge in [0.15, 0.2) is 0 Å². The summed E-state index contributed by atoms with van der Waals surface area (Å²) in [5.41, 5.74) is 4.77. The van der Waals surface area contributed by atoms with Crippen LogP contribution in [0.4, 0.5) is 15.8 Å². The van der Waals surface area contributed by atoms with Gasteiger partial charge in [0.25, 0.3) is 5.69 Å². The predicted octanol–water partition coefficient (Wildman–Crippen LogP) is 2.08. The fraction of sp³-hybridized carbons (Fsp3) is 0. The van der Waals surface area contributed by atoms with E-state index in [0.29, 0.717) is 0 Å². The molecule has 0 heterocycles. The maximum Gasteiger partial charge on any atom is 0.295 e. The van der Waals surface area contributed by atoms with Gasteiger partial charge in [-0.3, -0.25) is 10.1 Å². The van der Waals surface area contributed by atoms with Crippen molar-refractivity contribution >= 4 is 27.3 Å². The van der Waals surface area contributed by atoms with Crippen LogP contribution in [0.1, 0.15) is 0 Å². The molecule has 12 heavy (non-hydrogen) atoms. The van der Waals surface area contributed by atoms with Crippen LogP contribution in [0, 0.1) is 15.9 Å². The van der Waals surface area contributed by atoms with E-state index in [9.17, 15) is 14.5 Å². The van der Waals surface area contributed by atoms with Gasteiger partial charge in [0.05, 0.1) is 15.5 Å². The minimum atomic E-state index is -0.731. The molecule has 0 fully saturated rings. The maximum atomic E-state index is 12.7. The lowest BCUT2D eigenvalue weighted by atomic mass is 10.3. The van der Waals surface area contributed by atoms with Crippen LogP contribution in [0.25, 0.3) is 0 Å². The van der Waals surface area contributed by atoms with Crippen molar-refractivity contribution < 1.29 is 9.31 Å². The summed E-state index contributed by atoms with van der Waals surface area (Å²) in [6.07, 6.45) is 0. The molecule has 0 bridgehead atoms. The number of nitro benzene ring substituents is 1. The van der Waals surface area contributed by atoms with E-state index in [1.807, 2.05) is 0 Å². The number of nitrogens with two attached hydrogens (primary N) is 1. The van der Waals surface area contributed by atoms with Gasteiger partial charge in [-0.05, 0) is 22.0 Å². The van der Waals surface area contributed by atoms with E-state index in [1.54, 1.807) is 0 Å². The number of halogens is 2. The van der Waals surface area contributed by atoms with Crippen molar-refractivity contribution in [1.29, 1.82) is 0 Å². The maximum absolute atomic E-state index is 12.7. The van der Waals surface area contributed by atoms with Gasteiger partial charge in [-0.1, -0.05) is 0 Å². The molecule has 0 aliphatic heterocycles. The largest absolute Gasteiger partial charge is 0.393 e. The van der Waals surface area contributed by atoms with Crippen LogP contribution < -0.4 is 5.73 Å². The molecule has 1 aromatic rings. The summed E-state index contributed by atoms with van der Waals surface area (Å²) in [5.74, 6) is -0.698. The van der Waals surface area contributed by atoms with E-state index in [1.165, 1.54) is 0 Å². The molecule has 0 unspecified atom stereocenters. The predicted molar refractivity (Wildman–Crippen MR) is 45.2 cm³/mol. The molecule has 0 aromatic heterocycles. The first-order chi connectivity index (χ1) is 5.52. The fourth-order valence-corrected chi connectivity index (χ4v) is 1.07. The molecular weight excluding hydrogens is 231 g/mol. The highest BCUT2D eigenvalue weighted by atomic mass is 79.9. The van der Waals surface area contributed by atoms with Crippen molar-refractivity contribution in [3.63, 3.8) is 0 Å². The van der Waals surface area contributed by atoms with Gasteiger partial charge in [-0.15, -0.1) is 0 Å². The second-order valence-electron chi connectivity index (χ2n) is 2.08. The molecule has 4 nitrogen and oxygen atoms in total. The third-order valence-corrected chi connectivity index (χ3v) is 1.87. The Morgan fingerprint density at radius 3 is 2.67 bits per heavy atom. The average molecular weight is 235 g/mol. The minimum absolute atomic E-state index is 0.0618. The second kappa shape index (κ2) is 3.06. The van der Waals surface area contributed by atoms with Gasteiger partial charge >= 0.3 is 0 Å². The van der Waals surface area contributed by atoms with Gasteiger partial charge in [0.1, 0.15) is 11.5 Å². The fourth-order valence-electron chi connectivity index (χ4n) is 0.710. The summed E-state index contributed by atoms with van der Waals surface area (Å²) in [5, 5.41) is 10.2. The number of benzene rings is 1. The zero-order valence-corrected chi connectivity index (χ0v) is 7.34. The van der Waals surface area contributed by atoms with Crippen molar-refractivity contribution in [2.75, 3.05) is 5.73 Å². The summed E-state index contributed by atoms with van der Waals surface area (Å²) in [6, 6.07) is 1.94. The van der Waals surface area contributed by atoms with E-state index in [4.69, 9.17) is 5.73 Å². The number of rotatable bonds is 1. The number of hydrogen-bond donors (Lipinski definition) is 1. The van der Waals surface area contributed by atoms with Crippen molar-refractivity contribution in [2.45, 2.75) is 0 Å². The Balaban J connectivity index is 3.33. The molecule has 2 N–H and O–H groups in total. The lowest BCUT2D eigenvalue weighted by molar-refractivity contribution is -0.384. The molecular formula is C6H4BrFN2O2. The number of nitro groups is 1. The molecule has 0 radical (unpaired) electrons. The summed E-state index contributed by atoms with van der Waals surface area (Å²) in [6.45, 7) is 0. The molecule has 1 rings (SSSR count). The molecule has 0 aliphatic rings. The molecule has 0 spiro atoms. The number of hydrogen-bond acceptors (Lipinski definition) is 3. The van der Waals surface area contributed by atoms with Crippen LogP contribution in [0.15, 0.2) is 16.6 Å². The zero-order chi connectivity index (χ0) is 9.30. The van der Waals surface area contributed by atoms with Crippen LogP contribution in [0.2, 0.25) is 0 Å². The summed E-state index contributed by atoms with van der Waals surface area (Å²) < 4.78 is 12.8. The Morgan fingerprint density at radius 2 is 2.17 bits per heavy atom. The van der Waals surface area contributed by atoms with Crippen molar-refractivity contribution in [2.24, 2.45) is 0 Å². The van der Waals surface area contributed by atoms with Crippen molar-refractivity contribution in [3.8, 4) is 0 Å². The summed E-state index contributed by atoms with van der Waals surface area (Å²) in [7, 11) is 0. The first kappa shape index (κ1) is 8.92. The topological polar surface area (TPSA) is 69.2 Å². The monoisotopic (exact) mass is 234 g/mol. The van der Waals surface area contributed by atoms with E-state index in [2.05, 4.69) is 15.9 Å². The van der Waals surface area contributed by atoms with Crippen molar-refractivity contribution in [1.82, 2.24) is 0 Å². The molecule has 0 aliphatic carbocycles. The number of nitrogen functional groups attached to an aromatic ring is 1.